The smallest absolute Gasteiger partial charge is 0.315 e. The van der Waals surface area contributed by atoms with Gasteiger partial charge in [0.25, 0.3) is 0 Å². The molecule has 2 aliphatic rings. The van der Waals surface area contributed by atoms with Gasteiger partial charge in [-0.15, -0.1) is 11.3 Å². The van der Waals surface area contributed by atoms with E-state index in [2.05, 4.69) is 44.0 Å². The largest absolute Gasteiger partial charge is 0.354 e. The molecule has 0 radical (unpaired) electrons. The van der Waals surface area contributed by atoms with Gasteiger partial charge >= 0.3 is 6.03 Å². The summed E-state index contributed by atoms with van der Waals surface area (Å²) in [5.74, 6) is -0.0815. The van der Waals surface area contributed by atoms with Crippen LogP contribution in [0.4, 0.5) is 4.79 Å². The van der Waals surface area contributed by atoms with E-state index in [1.54, 1.807) is 11.3 Å². The molecule has 120 valence electrons. The second-order valence-corrected chi connectivity index (χ2v) is 8.51. The summed E-state index contributed by atoms with van der Waals surface area (Å²) in [6.07, 6.45) is 5.02. The van der Waals surface area contributed by atoms with Gasteiger partial charge in [-0.3, -0.25) is 4.79 Å². The first-order chi connectivity index (χ1) is 10.6. The summed E-state index contributed by atoms with van der Waals surface area (Å²) in [6.45, 7) is 1.33. The molecular formula is C15H20BrN3O2S. The van der Waals surface area contributed by atoms with Gasteiger partial charge in [-0.2, -0.15) is 0 Å². The predicted octanol–water partition coefficient (Wildman–Crippen LogP) is 2.51. The first-order valence-electron chi connectivity index (χ1n) is 7.67. The Morgan fingerprint density at radius 1 is 1.41 bits per heavy atom. The summed E-state index contributed by atoms with van der Waals surface area (Å²) in [6, 6.07) is 3.56. The highest BCUT2D eigenvalue weighted by Crippen LogP contribution is 2.46. The van der Waals surface area contributed by atoms with Crippen molar-refractivity contribution in [2.75, 3.05) is 13.1 Å². The van der Waals surface area contributed by atoms with Crippen LogP contribution in [0.2, 0.25) is 0 Å². The molecule has 2 fully saturated rings. The van der Waals surface area contributed by atoms with E-state index in [9.17, 15) is 9.59 Å². The van der Waals surface area contributed by atoms with Gasteiger partial charge in [-0.05, 0) is 53.7 Å². The first-order valence-corrected chi connectivity index (χ1v) is 9.28. The average Bonchev–Trinajstić information content (AvgIpc) is 2.87. The predicted molar refractivity (Wildman–Crippen MR) is 90.1 cm³/mol. The maximum Gasteiger partial charge on any atom is 0.315 e. The van der Waals surface area contributed by atoms with Crippen molar-refractivity contribution in [3.8, 4) is 0 Å². The lowest BCUT2D eigenvalue weighted by atomic mass is 9.68. The third-order valence-electron chi connectivity index (χ3n) is 4.58. The molecule has 3 rings (SSSR count). The van der Waals surface area contributed by atoms with E-state index in [4.69, 9.17) is 0 Å². The third kappa shape index (κ3) is 3.30. The summed E-state index contributed by atoms with van der Waals surface area (Å²) in [5, 5.41) is 8.52. The Balaban J connectivity index is 1.54. The number of urea groups is 1. The Hall–Kier alpha value is -1.08. The maximum atomic E-state index is 12.1. The Morgan fingerprint density at radius 2 is 2.23 bits per heavy atom. The molecule has 3 N–H and O–H groups in total. The summed E-state index contributed by atoms with van der Waals surface area (Å²) >= 11 is 5.24. The molecule has 1 aromatic rings. The van der Waals surface area contributed by atoms with Crippen molar-refractivity contribution in [2.24, 2.45) is 0 Å². The van der Waals surface area contributed by atoms with Gasteiger partial charge in [0.2, 0.25) is 5.91 Å². The van der Waals surface area contributed by atoms with Crippen molar-refractivity contribution in [1.29, 1.82) is 0 Å². The summed E-state index contributed by atoms with van der Waals surface area (Å²) in [4.78, 5) is 25.1. The number of amides is 3. The van der Waals surface area contributed by atoms with Crippen LogP contribution >= 0.6 is 27.3 Å². The maximum absolute atomic E-state index is 12.1. The topological polar surface area (TPSA) is 70.2 Å². The van der Waals surface area contributed by atoms with E-state index in [0.717, 1.165) is 23.0 Å². The molecule has 1 unspecified atom stereocenters. The van der Waals surface area contributed by atoms with Crippen molar-refractivity contribution in [3.63, 3.8) is 0 Å². The molecular weight excluding hydrogens is 366 g/mol. The number of halogens is 1. The van der Waals surface area contributed by atoms with Gasteiger partial charge in [-0.25, -0.2) is 4.79 Å². The van der Waals surface area contributed by atoms with E-state index in [1.165, 1.54) is 11.3 Å². The summed E-state index contributed by atoms with van der Waals surface area (Å²) < 4.78 is 1.12. The zero-order valence-corrected chi connectivity index (χ0v) is 14.7. The van der Waals surface area contributed by atoms with Crippen LogP contribution < -0.4 is 16.0 Å². The molecule has 0 spiro atoms. The van der Waals surface area contributed by atoms with Gasteiger partial charge < -0.3 is 16.0 Å². The van der Waals surface area contributed by atoms with Crippen molar-refractivity contribution < 1.29 is 9.59 Å². The number of nitrogens with one attached hydrogen (secondary N) is 3. The molecule has 1 aliphatic heterocycles. The Bertz CT molecular complexity index is 571. The fourth-order valence-electron chi connectivity index (χ4n) is 3.08. The Kier molecular flexibility index (Phi) is 4.73. The average molecular weight is 386 g/mol. The summed E-state index contributed by atoms with van der Waals surface area (Å²) in [7, 11) is 0. The van der Waals surface area contributed by atoms with E-state index >= 15 is 0 Å². The van der Waals surface area contributed by atoms with Crippen LogP contribution in [0.1, 0.15) is 37.0 Å². The zero-order valence-electron chi connectivity index (χ0n) is 12.3. The number of hydrogen-bond donors (Lipinski definition) is 3. The molecule has 1 aliphatic carbocycles. The number of carbonyl (C=O) groups excluding carboxylic acids is 2. The standard InChI is InChI=1S/C15H20BrN3O2S/c16-12-5-4-11(22-12)15(6-2-7-15)9-18-14(21)19-10-3-1-8-17-13(10)20/h4-5,10H,1-3,6-9H2,(H,17,20)(H2,18,19,21). The highest BCUT2D eigenvalue weighted by Gasteiger charge is 2.40. The summed E-state index contributed by atoms with van der Waals surface area (Å²) in [5.41, 5.74) is 0.0723. The number of thiophene rings is 1. The Morgan fingerprint density at radius 3 is 2.82 bits per heavy atom. The fraction of sp³-hybridized carbons (Fsp3) is 0.600. The third-order valence-corrected chi connectivity index (χ3v) is 6.45. The monoisotopic (exact) mass is 385 g/mol. The van der Waals surface area contributed by atoms with Crippen LogP contribution in [0.3, 0.4) is 0 Å². The van der Waals surface area contributed by atoms with Crippen LogP contribution in [0, 0.1) is 0 Å². The molecule has 2 heterocycles. The second-order valence-electron chi connectivity index (χ2n) is 6.05. The quantitative estimate of drug-likeness (QED) is 0.744. The Labute approximate surface area is 142 Å². The van der Waals surface area contributed by atoms with Crippen molar-refractivity contribution in [2.45, 2.75) is 43.6 Å². The molecule has 1 saturated carbocycles. The highest BCUT2D eigenvalue weighted by atomic mass is 79.9. The molecule has 0 aromatic carbocycles. The van der Waals surface area contributed by atoms with E-state index in [0.29, 0.717) is 19.5 Å². The van der Waals surface area contributed by atoms with Gasteiger partial charge in [0.05, 0.1) is 3.79 Å². The molecule has 5 nitrogen and oxygen atoms in total. The molecule has 1 saturated heterocycles. The van der Waals surface area contributed by atoms with Crippen LogP contribution in [-0.2, 0) is 10.2 Å². The van der Waals surface area contributed by atoms with Gasteiger partial charge in [-0.1, -0.05) is 6.42 Å². The normalized spacial score (nSPS) is 23.3. The molecule has 1 aromatic heterocycles. The van der Waals surface area contributed by atoms with E-state index < -0.39 is 6.04 Å². The SMILES string of the molecule is O=C(NCC1(c2ccc(Br)s2)CCC1)NC1CCCNC1=O. The van der Waals surface area contributed by atoms with Gasteiger partial charge in [0.1, 0.15) is 6.04 Å². The minimum Gasteiger partial charge on any atom is -0.354 e. The van der Waals surface area contributed by atoms with E-state index in [-0.39, 0.29) is 17.4 Å². The molecule has 22 heavy (non-hydrogen) atoms. The highest BCUT2D eigenvalue weighted by molar-refractivity contribution is 9.11. The molecule has 0 bridgehead atoms. The molecule has 3 amide bonds. The number of rotatable bonds is 4. The number of hydrogen-bond acceptors (Lipinski definition) is 3. The van der Waals surface area contributed by atoms with E-state index in [1.807, 2.05) is 0 Å². The molecule has 7 heteroatoms. The first kappa shape index (κ1) is 15.8. The fourth-order valence-corrected chi connectivity index (χ4v) is 4.71. The minimum atomic E-state index is -0.401. The number of piperidine rings is 1. The number of carbonyl (C=O) groups is 2. The van der Waals surface area contributed by atoms with Crippen LogP contribution in [0.5, 0.6) is 0 Å². The van der Waals surface area contributed by atoms with Crippen molar-refractivity contribution >= 4 is 39.2 Å². The van der Waals surface area contributed by atoms with Crippen LogP contribution in [-0.4, -0.2) is 31.1 Å². The van der Waals surface area contributed by atoms with Crippen LogP contribution in [0.15, 0.2) is 15.9 Å². The molecule has 1 atom stereocenters. The van der Waals surface area contributed by atoms with Crippen molar-refractivity contribution in [1.82, 2.24) is 16.0 Å². The van der Waals surface area contributed by atoms with Gasteiger partial charge in [0, 0.05) is 23.4 Å². The second kappa shape index (κ2) is 6.58. The lowest BCUT2D eigenvalue weighted by molar-refractivity contribution is -0.124. The lowest BCUT2D eigenvalue weighted by Crippen LogP contribution is -2.54. The van der Waals surface area contributed by atoms with Crippen LogP contribution in [0.25, 0.3) is 0 Å². The zero-order chi connectivity index (χ0) is 15.6. The van der Waals surface area contributed by atoms with Crippen molar-refractivity contribution in [3.05, 3.63) is 20.8 Å². The minimum absolute atomic E-state index is 0.0723. The van der Waals surface area contributed by atoms with Gasteiger partial charge in [0.15, 0.2) is 0 Å². The lowest BCUT2D eigenvalue weighted by Gasteiger charge is -2.41.